The van der Waals surface area contributed by atoms with Gasteiger partial charge < -0.3 is 30.3 Å². The van der Waals surface area contributed by atoms with Gasteiger partial charge in [0.2, 0.25) is 0 Å². The third kappa shape index (κ3) is 10.4. The van der Waals surface area contributed by atoms with Crippen LogP contribution in [0.1, 0.15) is 49.7 Å². The molecule has 2 fully saturated rings. The molecule has 0 atom stereocenters. The second-order valence-corrected chi connectivity index (χ2v) is 11.5. The van der Waals surface area contributed by atoms with E-state index in [1.807, 2.05) is 0 Å². The van der Waals surface area contributed by atoms with Crippen LogP contribution in [0.25, 0.3) is 10.6 Å². The maximum atomic E-state index is 14.2. The smallest absolute Gasteiger partial charge is 0.681 e. The summed E-state index contributed by atoms with van der Waals surface area (Å²) < 4.78 is 40.0. The van der Waals surface area contributed by atoms with Crippen LogP contribution in [0.2, 0.25) is 0 Å². The van der Waals surface area contributed by atoms with E-state index in [-0.39, 0.29) is 52.5 Å². The summed E-state index contributed by atoms with van der Waals surface area (Å²) in [6.07, 6.45) is 7.44. The van der Waals surface area contributed by atoms with E-state index in [0.29, 0.717) is 35.8 Å². The van der Waals surface area contributed by atoms with E-state index < -0.39 is 11.6 Å². The fourth-order valence-corrected chi connectivity index (χ4v) is 5.61. The number of phenols is 2. The van der Waals surface area contributed by atoms with E-state index in [4.69, 9.17) is 9.47 Å². The fourth-order valence-electron chi connectivity index (χ4n) is 5.61. The molecule has 45 heavy (non-hydrogen) atoms. The van der Waals surface area contributed by atoms with Crippen molar-refractivity contribution in [3.8, 4) is 23.0 Å². The largest absolute Gasteiger partial charge is 2.00 e. The van der Waals surface area contributed by atoms with Gasteiger partial charge in [0.25, 0.3) is 0 Å². The van der Waals surface area contributed by atoms with Gasteiger partial charge in [0.15, 0.2) is 11.6 Å². The quantitative estimate of drug-likeness (QED) is 0.173. The van der Waals surface area contributed by atoms with Gasteiger partial charge in [-0.25, -0.2) is 8.78 Å². The molecule has 2 saturated heterocycles. The molecule has 0 amide bonds. The van der Waals surface area contributed by atoms with Gasteiger partial charge in [0.05, 0.1) is 0 Å². The maximum absolute atomic E-state index is 14.2. The summed E-state index contributed by atoms with van der Waals surface area (Å²) in [5.74, 6) is -0.950. The first-order chi connectivity index (χ1) is 21.4. The Morgan fingerprint density at radius 2 is 1.00 bits per heavy atom. The first-order valence-electron chi connectivity index (χ1n) is 15.6. The van der Waals surface area contributed by atoms with Crippen LogP contribution < -0.4 is 9.47 Å². The van der Waals surface area contributed by atoms with Crippen molar-refractivity contribution in [2.24, 2.45) is 0 Å². The minimum atomic E-state index is -1.04. The second-order valence-electron chi connectivity index (χ2n) is 11.5. The number of hydrogen-bond acceptors (Lipinski definition) is 6. The van der Waals surface area contributed by atoms with Gasteiger partial charge in [-0.2, -0.15) is 11.4 Å². The van der Waals surface area contributed by atoms with Gasteiger partial charge in [-0.15, -0.1) is 13.1 Å². The van der Waals surface area contributed by atoms with Gasteiger partial charge in [0.1, 0.15) is 36.2 Å². The van der Waals surface area contributed by atoms with E-state index in [0.717, 1.165) is 51.4 Å². The third-order valence-corrected chi connectivity index (χ3v) is 8.22. The molecule has 11 heteroatoms. The van der Waals surface area contributed by atoms with E-state index in [1.54, 1.807) is 36.4 Å². The number of hydrogen-bond donors (Lipinski definition) is 2. The van der Waals surface area contributed by atoms with Crippen molar-refractivity contribution >= 4 is 11.4 Å². The Labute approximate surface area is 274 Å². The van der Waals surface area contributed by atoms with Gasteiger partial charge in [-0.05, 0) is 87.3 Å². The van der Waals surface area contributed by atoms with Crippen molar-refractivity contribution in [2.45, 2.75) is 51.6 Å². The second kappa shape index (κ2) is 17.4. The zero-order valence-electron chi connectivity index (χ0n) is 25.5. The molecule has 0 bridgehead atoms. The van der Waals surface area contributed by atoms with E-state index >= 15 is 0 Å². The monoisotopic (exact) mass is 666 g/mol. The van der Waals surface area contributed by atoms with Gasteiger partial charge in [0, 0.05) is 25.2 Å². The van der Waals surface area contributed by atoms with Crippen LogP contribution in [0.3, 0.4) is 0 Å². The summed E-state index contributed by atoms with van der Waals surface area (Å²) in [4.78, 5) is 4.76. The van der Waals surface area contributed by atoms with Crippen molar-refractivity contribution < 1.29 is 45.0 Å². The molecule has 0 unspecified atom stereocenters. The third-order valence-electron chi connectivity index (χ3n) is 8.22. The number of benzene rings is 3. The maximum Gasteiger partial charge on any atom is 2.00 e. The number of likely N-dealkylation sites (tertiary alicyclic amines) is 2. The van der Waals surface area contributed by atoms with Gasteiger partial charge in [-0.3, -0.25) is 9.80 Å². The molecule has 8 nitrogen and oxygen atoms in total. The average molecular weight is 667 g/mol. The summed E-state index contributed by atoms with van der Waals surface area (Å²) in [5, 5.41) is 30.0. The van der Waals surface area contributed by atoms with Crippen LogP contribution in [0, 0.1) is 11.6 Å². The Morgan fingerprint density at radius 1 is 0.600 bits per heavy atom. The molecule has 0 saturated carbocycles. The number of piperidine rings is 2. The molecule has 3 aromatic carbocycles. The van der Waals surface area contributed by atoms with Crippen LogP contribution in [0.4, 0.5) is 20.2 Å². The summed E-state index contributed by atoms with van der Waals surface area (Å²) in [5.41, 5.74) is 1.31. The SMILES string of the molecule is Oc1cc(OCCN2CCCCC2)ccc1C[N-]c1cc(F)c(F)cc1[N-]Cc1ccc(OCCN2CCCCC2)cc1O.[Ni+2]. The average Bonchev–Trinajstić information content (AvgIpc) is 3.03. The van der Waals surface area contributed by atoms with Crippen molar-refractivity contribution in [3.05, 3.63) is 81.9 Å². The molecule has 0 spiro atoms. The fraction of sp³-hybridized carbons (Fsp3) is 0.471. The first kappa shape index (κ1) is 34.6. The summed E-state index contributed by atoms with van der Waals surface area (Å²) in [7, 11) is 0. The molecule has 0 aliphatic carbocycles. The Hall–Kier alpha value is -3.27. The van der Waals surface area contributed by atoms with Crippen LogP contribution in [0.5, 0.6) is 23.0 Å². The van der Waals surface area contributed by atoms with Gasteiger partial charge in [-0.1, -0.05) is 25.0 Å². The Kier molecular flexibility index (Phi) is 13.4. The zero-order valence-corrected chi connectivity index (χ0v) is 26.5. The van der Waals surface area contributed by atoms with E-state index in [1.165, 1.54) is 38.5 Å². The van der Waals surface area contributed by atoms with E-state index in [2.05, 4.69) is 20.4 Å². The molecule has 2 aliphatic rings. The van der Waals surface area contributed by atoms with Crippen LogP contribution in [0.15, 0.2) is 48.5 Å². The molecule has 2 heterocycles. The van der Waals surface area contributed by atoms with Crippen molar-refractivity contribution in [1.82, 2.24) is 9.80 Å². The molecule has 2 aliphatic heterocycles. The van der Waals surface area contributed by atoms with Crippen molar-refractivity contribution in [2.75, 3.05) is 52.5 Å². The van der Waals surface area contributed by atoms with E-state index in [9.17, 15) is 19.0 Å². The Balaban J connectivity index is 0.00000461. The number of aromatic hydroxyl groups is 2. The number of ether oxygens (including phenoxy) is 2. The number of halogens is 2. The predicted octanol–water partition coefficient (Wildman–Crippen LogP) is 7.51. The summed E-state index contributed by atoms with van der Waals surface area (Å²) in [6, 6.07) is 12.0. The van der Waals surface area contributed by atoms with Crippen molar-refractivity contribution in [1.29, 1.82) is 0 Å². The minimum absolute atomic E-state index is 0. The normalized spacial score (nSPS) is 15.7. The van der Waals surface area contributed by atoms with Crippen LogP contribution in [-0.2, 0) is 29.6 Å². The zero-order chi connectivity index (χ0) is 30.7. The molecule has 0 aromatic heterocycles. The molecule has 0 radical (unpaired) electrons. The molecule has 2 N–H and O–H groups in total. The Bertz CT molecular complexity index is 1270. The topological polar surface area (TPSA) is 93.6 Å². The molecular weight excluding hydrogens is 625 g/mol. The van der Waals surface area contributed by atoms with Crippen molar-refractivity contribution in [3.63, 3.8) is 0 Å². The predicted molar refractivity (Wildman–Crippen MR) is 168 cm³/mol. The van der Waals surface area contributed by atoms with Crippen LogP contribution >= 0.6 is 0 Å². The Morgan fingerprint density at radius 3 is 1.38 bits per heavy atom. The summed E-state index contributed by atoms with van der Waals surface area (Å²) >= 11 is 0. The molecule has 5 rings (SSSR count). The minimum Gasteiger partial charge on any atom is -0.681 e. The standard InChI is InChI=1S/C34H42F2N4O4.Ni/c35-29-21-31(37-23-25-7-9-27(19-33(25)41)43-17-15-39-11-3-1-4-12-39)32(22-30(29)36)38-24-26-8-10-28(20-34(26)42)44-18-16-40-13-5-2-6-14-40;/h7-10,19-22,41-42H,1-6,11-18,23-24H2;/q-2;+2. The van der Waals surface area contributed by atoms with Gasteiger partial charge >= 0.3 is 16.5 Å². The van der Waals surface area contributed by atoms with Crippen LogP contribution in [-0.4, -0.2) is 72.5 Å². The summed E-state index contributed by atoms with van der Waals surface area (Å²) in [6.45, 7) is 7.18. The first-order valence-corrected chi connectivity index (χ1v) is 15.6. The molecule has 3 aromatic rings. The molecular formula is C34H42F2N4NiO4. The number of phenolic OH excluding ortho intramolecular Hbond substituents is 2. The number of rotatable bonds is 14. The molecule has 246 valence electrons. The number of nitrogens with zero attached hydrogens (tertiary/aromatic N) is 4.